The van der Waals surface area contributed by atoms with E-state index >= 15 is 0 Å². The molecule has 48 valence electrons. The van der Waals surface area contributed by atoms with Crippen LogP contribution >= 0.6 is 0 Å². The van der Waals surface area contributed by atoms with Gasteiger partial charge in [-0.1, -0.05) is 6.08 Å². The van der Waals surface area contributed by atoms with Crippen LogP contribution in [0.4, 0.5) is 0 Å². The maximum absolute atomic E-state index is 9.83. The van der Waals surface area contributed by atoms with E-state index in [-0.39, 0.29) is 0 Å². The molecule has 0 aromatic carbocycles. The van der Waals surface area contributed by atoms with Crippen LogP contribution < -0.4 is 5.32 Å². The summed E-state index contributed by atoms with van der Waals surface area (Å²) in [5, 5.41) is 3.05. The molecule has 9 heavy (non-hydrogen) atoms. The molecule has 1 rings (SSSR count). The lowest BCUT2D eigenvalue weighted by Crippen LogP contribution is -1.96. The molecule has 0 spiro atoms. The molecule has 0 aromatic heterocycles. The third-order valence-electron chi connectivity index (χ3n) is 1.23. The zero-order valence-electron chi connectivity index (χ0n) is 5.13. The minimum absolute atomic E-state index is 0.791. The molecule has 1 aliphatic rings. The van der Waals surface area contributed by atoms with Gasteiger partial charge in [-0.3, -0.25) is 4.79 Å². The van der Waals surface area contributed by atoms with E-state index in [1.54, 1.807) is 0 Å². The lowest BCUT2D eigenvalue weighted by Gasteiger charge is -1.83. The lowest BCUT2D eigenvalue weighted by atomic mass is 10.2. The molecule has 0 bridgehead atoms. The Morgan fingerprint density at radius 2 is 2.56 bits per heavy atom. The fraction of sp³-hybridized carbons (Fsp3) is 0.286. The first-order valence-corrected chi connectivity index (χ1v) is 2.98. The van der Waals surface area contributed by atoms with E-state index in [1.165, 1.54) is 11.6 Å². The summed E-state index contributed by atoms with van der Waals surface area (Å²) in [4.78, 5) is 9.83. The molecule has 1 N–H and O–H groups in total. The molecule has 1 heterocycles. The molecule has 0 unspecified atom stereocenters. The fourth-order valence-electron chi connectivity index (χ4n) is 0.786. The Morgan fingerprint density at radius 1 is 1.67 bits per heavy atom. The van der Waals surface area contributed by atoms with Crippen molar-refractivity contribution in [2.75, 3.05) is 6.54 Å². The zero-order chi connectivity index (χ0) is 6.53. The average Bonchev–Trinajstić information content (AvgIpc) is 2.34. The molecule has 2 nitrogen and oxygen atoms in total. The second-order valence-corrected chi connectivity index (χ2v) is 1.92. The van der Waals surface area contributed by atoms with Gasteiger partial charge in [0.25, 0.3) is 0 Å². The van der Waals surface area contributed by atoms with Gasteiger partial charge in [0.05, 0.1) is 0 Å². The van der Waals surface area contributed by atoms with Crippen molar-refractivity contribution in [3.05, 3.63) is 23.9 Å². The maximum Gasteiger partial charge on any atom is 0.142 e. The second-order valence-electron chi connectivity index (χ2n) is 1.92. The van der Waals surface area contributed by atoms with Crippen molar-refractivity contribution in [1.82, 2.24) is 5.32 Å². The topological polar surface area (TPSA) is 29.1 Å². The molecular formula is C7H9NO. The first kappa shape index (κ1) is 6.08. The highest BCUT2D eigenvalue weighted by atomic mass is 16.1. The molecule has 2 heteroatoms. The summed E-state index contributed by atoms with van der Waals surface area (Å²) in [5.41, 5.74) is 1.20. The van der Waals surface area contributed by atoms with Crippen LogP contribution in [0.2, 0.25) is 0 Å². The molecule has 0 fully saturated rings. The van der Waals surface area contributed by atoms with Crippen LogP contribution in [-0.2, 0) is 4.79 Å². The Balaban J connectivity index is 2.42. The highest BCUT2D eigenvalue weighted by Crippen LogP contribution is 2.05. The van der Waals surface area contributed by atoms with E-state index in [2.05, 4.69) is 5.32 Å². The normalized spacial score (nSPS) is 17.6. The van der Waals surface area contributed by atoms with Gasteiger partial charge in [-0.2, -0.15) is 0 Å². The van der Waals surface area contributed by atoms with Crippen molar-refractivity contribution in [2.24, 2.45) is 0 Å². The van der Waals surface area contributed by atoms with Crippen molar-refractivity contribution in [3.8, 4) is 0 Å². The fourth-order valence-corrected chi connectivity index (χ4v) is 0.786. The minimum Gasteiger partial charge on any atom is -0.390 e. The average molecular weight is 123 g/mol. The van der Waals surface area contributed by atoms with E-state index in [9.17, 15) is 4.79 Å². The summed E-state index contributed by atoms with van der Waals surface area (Å²) >= 11 is 0. The van der Waals surface area contributed by atoms with Crippen LogP contribution in [0.5, 0.6) is 0 Å². The van der Waals surface area contributed by atoms with E-state index < -0.39 is 0 Å². The van der Waals surface area contributed by atoms with E-state index in [1.807, 2.05) is 12.3 Å². The van der Waals surface area contributed by atoms with E-state index in [4.69, 9.17) is 0 Å². The SMILES string of the molecule is O=CC=CC1=CNCC1. The molecule has 0 radical (unpaired) electrons. The van der Waals surface area contributed by atoms with Gasteiger partial charge in [0.15, 0.2) is 0 Å². The number of aldehydes is 1. The number of allylic oxidation sites excluding steroid dienone is 2. The Morgan fingerprint density at radius 3 is 3.11 bits per heavy atom. The molecule has 0 saturated carbocycles. The lowest BCUT2D eigenvalue weighted by molar-refractivity contribution is -0.104. The van der Waals surface area contributed by atoms with Gasteiger partial charge < -0.3 is 5.32 Å². The van der Waals surface area contributed by atoms with Crippen molar-refractivity contribution in [3.63, 3.8) is 0 Å². The van der Waals surface area contributed by atoms with Crippen LogP contribution in [0, 0.1) is 0 Å². The van der Waals surface area contributed by atoms with E-state index in [0.717, 1.165) is 19.3 Å². The quantitative estimate of drug-likeness (QED) is 0.430. The summed E-state index contributed by atoms with van der Waals surface area (Å²) in [5.74, 6) is 0. The standard InChI is InChI=1S/C7H9NO/c9-5-1-2-7-3-4-8-6-7/h1-2,5-6,8H,3-4H2. The van der Waals surface area contributed by atoms with Crippen molar-refractivity contribution >= 4 is 6.29 Å². The molecule has 0 atom stereocenters. The monoisotopic (exact) mass is 123 g/mol. The van der Waals surface area contributed by atoms with Crippen molar-refractivity contribution in [1.29, 1.82) is 0 Å². The van der Waals surface area contributed by atoms with Gasteiger partial charge in [-0.05, 0) is 24.3 Å². The van der Waals surface area contributed by atoms with Crippen molar-refractivity contribution in [2.45, 2.75) is 6.42 Å². The number of hydrogen-bond donors (Lipinski definition) is 1. The van der Waals surface area contributed by atoms with Gasteiger partial charge in [0, 0.05) is 6.54 Å². The molecule has 0 saturated heterocycles. The van der Waals surface area contributed by atoms with Gasteiger partial charge >= 0.3 is 0 Å². The van der Waals surface area contributed by atoms with Crippen LogP contribution in [0.3, 0.4) is 0 Å². The summed E-state index contributed by atoms with van der Waals surface area (Å²) in [6, 6.07) is 0. The summed E-state index contributed by atoms with van der Waals surface area (Å²) in [6.45, 7) is 0.999. The summed E-state index contributed by atoms with van der Waals surface area (Å²) in [6.07, 6.45) is 7.09. The number of rotatable bonds is 2. The largest absolute Gasteiger partial charge is 0.390 e. The first-order chi connectivity index (χ1) is 4.43. The third-order valence-corrected chi connectivity index (χ3v) is 1.23. The second kappa shape index (κ2) is 3.07. The van der Waals surface area contributed by atoms with Crippen molar-refractivity contribution < 1.29 is 4.79 Å². The van der Waals surface area contributed by atoms with Crippen LogP contribution in [0.25, 0.3) is 0 Å². The first-order valence-electron chi connectivity index (χ1n) is 2.98. The predicted octanol–water partition coefficient (Wildman–Crippen LogP) is 0.619. The Kier molecular flexibility index (Phi) is 2.07. The summed E-state index contributed by atoms with van der Waals surface area (Å²) in [7, 11) is 0. The Bertz CT molecular complexity index is 158. The van der Waals surface area contributed by atoms with Crippen LogP contribution in [0.1, 0.15) is 6.42 Å². The van der Waals surface area contributed by atoms with E-state index in [0.29, 0.717) is 0 Å². The maximum atomic E-state index is 9.83. The smallest absolute Gasteiger partial charge is 0.142 e. The Labute approximate surface area is 54.3 Å². The van der Waals surface area contributed by atoms with Gasteiger partial charge in [-0.15, -0.1) is 0 Å². The predicted molar refractivity (Wildman–Crippen MR) is 35.9 cm³/mol. The Hall–Kier alpha value is -1.05. The molecule has 1 aliphatic heterocycles. The number of carbonyl (C=O) groups excluding carboxylic acids is 1. The van der Waals surface area contributed by atoms with Gasteiger partial charge in [-0.25, -0.2) is 0 Å². The van der Waals surface area contributed by atoms with Gasteiger partial charge in [0.2, 0.25) is 0 Å². The third kappa shape index (κ3) is 1.72. The highest BCUT2D eigenvalue weighted by Gasteiger charge is 1.97. The zero-order valence-corrected chi connectivity index (χ0v) is 5.13. The molecule has 0 aromatic rings. The number of nitrogens with one attached hydrogen (secondary N) is 1. The summed E-state index contributed by atoms with van der Waals surface area (Å²) < 4.78 is 0. The van der Waals surface area contributed by atoms with Crippen LogP contribution in [-0.4, -0.2) is 12.8 Å². The van der Waals surface area contributed by atoms with Gasteiger partial charge in [0.1, 0.15) is 6.29 Å². The minimum atomic E-state index is 0.791. The molecule has 0 amide bonds. The molecule has 0 aliphatic carbocycles. The molecular weight excluding hydrogens is 114 g/mol. The van der Waals surface area contributed by atoms with Crippen LogP contribution in [0.15, 0.2) is 23.9 Å². The highest BCUT2D eigenvalue weighted by molar-refractivity contribution is 5.65. The number of carbonyl (C=O) groups is 1. The number of hydrogen-bond acceptors (Lipinski definition) is 2.